The smallest absolute Gasteiger partial charge is 0.253 e. The van der Waals surface area contributed by atoms with Gasteiger partial charge in [0.1, 0.15) is 5.75 Å². The summed E-state index contributed by atoms with van der Waals surface area (Å²) in [5, 5.41) is 0. The molecule has 0 aliphatic carbocycles. The summed E-state index contributed by atoms with van der Waals surface area (Å²) in [5.74, 6) is 1.11. The van der Waals surface area contributed by atoms with Crippen molar-refractivity contribution in [2.45, 2.75) is 19.3 Å². The summed E-state index contributed by atoms with van der Waals surface area (Å²) in [6.45, 7) is 6.68. The molecule has 2 aliphatic rings. The third-order valence-corrected chi connectivity index (χ3v) is 6.13. The number of carbonyl (C=O) groups is 1. The van der Waals surface area contributed by atoms with Gasteiger partial charge in [-0.3, -0.25) is 9.69 Å². The van der Waals surface area contributed by atoms with Crippen LogP contribution in [-0.2, 0) is 6.42 Å². The van der Waals surface area contributed by atoms with E-state index in [1.165, 1.54) is 24.1 Å². The Morgan fingerprint density at radius 3 is 2.28 bits per heavy atom. The predicted octanol–water partition coefficient (Wildman–Crippen LogP) is 3.30. The number of ether oxygens (including phenoxy) is 1. The number of benzene rings is 2. The zero-order valence-electron chi connectivity index (χ0n) is 17.3. The maximum Gasteiger partial charge on any atom is 0.253 e. The number of amides is 1. The predicted molar refractivity (Wildman–Crippen MR) is 117 cm³/mol. The average Bonchev–Trinajstić information content (AvgIpc) is 3.33. The van der Waals surface area contributed by atoms with E-state index in [9.17, 15) is 4.79 Å². The first-order chi connectivity index (χ1) is 14.2. The van der Waals surface area contributed by atoms with Gasteiger partial charge in [-0.15, -0.1) is 0 Å². The Morgan fingerprint density at radius 1 is 0.897 bits per heavy atom. The van der Waals surface area contributed by atoms with Crippen molar-refractivity contribution in [3.8, 4) is 5.75 Å². The SMILES string of the molecule is COc1ccccc1CCN1CCN(C(=O)c2ccc(N3CCCC3)cc2)CC1. The van der Waals surface area contributed by atoms with E-state index < -0.39 is 0 Å². The fourth-order valence-corrected chi connectivity index (χ4v) is 4.34. The van der Waals surface area contributed by atoms with Gasteiger partial charge < -0.3 is 14.5 Å². The maximum atomic E-state index is 12.9. The van der Waals surface area contributed by atoms with E-state index in [-0.39, 0.29) is 5.91 Å². The van der Waals surface area contributed by atoms with Crippen LogP contribution in [0.3, 0.4) is 0 Å². The lowest BCUT2D eigenvalue weighted by Crippen LogP contribution is -2.49. The van der Waals surface area contributed by atoms with Crippen LogP contribution in [0.2, 0.25) is 0 Å². The van der Waals surface area contributed by atoms with Crippen molar-refractivity contribution in [2.75, 3.05) is 57.8 Å². The third kappa shape index (κ3) is 4.73. The Kier molecular flexibility index (Phi) is 6.35. The second kappa shape index (κ2) is 9.31. The van der Waals surface area contributed by atoms with Crippen LogP contribution in [0.15, 0.2) is 48.5 Å². The first-order valence-corrected chi connectivity index (χ1v) is 10.7. The molecule has 0 N–H and O–H groups in total. The highest BCUT2D eigenvalue weighted by atomic mass is 16.5. The molecule has 4 rings (SSSR count). The quantitative estimate of drug-likeness (QED) is 0.755. The largest absolute Gasteiger partial charge is 0.496 e. The Labute approximate surface area is 173 Å². The number of para-hydroxylation sites is 1. The third-order valence-electron chi connectivity index (χ3n) is 6.13. The van der Waals surface area contributed by atoms with Gasteiger partial charge >= 0.3 is 0 Å². The molecule has 2 aliphatic heterocycles. The minimum Gasteiger partial charge on any atom is -0.496 e. The second-order valence-electron chi connectivity index (χ2n) is 7.94. The number of nitrogens with zero attached hydrogens (tertiary/aromatic N) is 3. The number of methoxy groups -OCH3 is 1. The topological polar surface area (TPSA) is 36.0 Å². The molecule has 2 aromatic rings. The molecule has 154 valence electrons. The van der Waals surface area contributed by atoms with E-state index in [0.717, 1.165) is 63.5 Å². The Morgan fingerprint density at radius 2 is 1.59 bits per heavy atom. The van der Waals surface area contributed by atoms with Gasteiger partial charge in [0, 0.05) is 57.1 Å². The van der Waals surface area contributed by atoms with E-state index in [4.69, 9.17) is 4.74 Å². The molecule has 0 aromatic heterocycles. The van der Waals surface area contributed by atoms with Crippen LogP contribution >= 0.6 is 0 Å². The molecular weight excluding hydrogens is 362 g/mol. The summed E-state index contributed by atoms with van der Waals surface area (Å²) in [5.41, 5.74) is 3.28. The summed E-state index contributed by atoms with van der Waals surface area (Å²) in [6.07, 6.45) is 3.50. The molecule has 0 radical (unpaired) electrons. The van der Waals surface area contributed by atoms with Crippen LogP contribution < -0.4 is 9.64 Å². The molecule has 2 fully saturated rings. The summed E-state index contributed by atoms with van der Waals surface area (Å²) in [4.78, 5) is 19.7. The highest BCUT2D eigenvalue weighted by Gasteiger charge is 2.22. The van der Waals surface area contributed by atoms with Crippen molar-refractivity contribution in [2.24, 2.45) is 0 Å². The number of anilines is 1. The zero-order chi connectivity index (χ0) is 20.1. The Hall–Kier alpha value is -2.53. The standard InChI is InChI=1S/C24H31N3O2/c1-29-23-7-3-2-6-20(23)12-15-25-16-18-27(19-17-25)24(28)21-8-10-22(11-9-21)26-13-4-5-14-26/h2-3,6-11H,4-5,12-19H2,1H3. The minimum atomic E-state index is 0.155. The highest BCUT2D eigenvalue weighted by Crippen LogP contribution is 2.22. The summed E-state index contributed by atoms with van der Waals surface area (Å²) >= 11 is 0. The van der Waals surface area contributed by atoms with E-state index in [0.29, 0.717) is 0 Å². The van der Waals surface area contributed by atoms with Crippen molar-refractivity contribution >= 4 is 11.6 Å². The van der Waals surface area contributed by atoms with Crippen molar-refractivity contribution in [3.63, 3.8) is 0 Å². The minimum absolute atomic E-state index is 0.155. The van der Waals surface area contributed by atoms with Gasteiger partial charge in [0.2, 0.25) is 0 Å². The van der Waals surface area contributed by atoms with E-state index in [1.807, 2.05) is 29.2 Å². The number of hydrogen-bond donors (Lipinski definition) is 0. The van der Waals surface area contributed by atoms with Crippen molar-refractivity contribution in [1.82, 2.24) is 9.80 Å². The summed E-state index contributed by atoms with van der Waals surface area (Å²) in [6, 6.07) is 16.4. The van der Waals surface area contributed by atoms with Crippen LogP contribution in [0.25, 0.3) is 0 Å². The monoisotopic (exact) mass is 393 g/mol. The van der Waals surface area contributed by atoms with Gasteiger partial charge in [0.15, 0.2) is 0 Å². The van der Waals surface area contributed by atoms with Gasteiger partial charge in [0.25, 0.3) is 5.91 Å². The molecule has 0 saturated carbocycles. The lowest BCUT2D eigenvalue weighted by molar-refractivity contribution is 0.0638. The van der Waals surface area contributed by atoms with Crippen molar-refractivity contribution in [1.29, 1.82) is 0 Å². The van der Waals surface area contributed by atoms with E-state index in [2.05, 4.69) is 34.1 Å². The molecule has 2 heterocycles. The number of hydrogen-bond acceptors (Lipinski definition) is 4. The first kappa shape index (κ1) is 19.8. The average molecular weight is 394 g/mol. The molecule has 0 unspecified atom stereocenters. The fraction of sp³-hybridized carbons (Fsp3) is 0.458. The van der Waals surface area contributed by atoms with Crippen molar-refractivity contribution < 1.29 is 9.53 Å². The molecule has 5 nitrogen and oxygen atoms in total. The molecule has 0 spiro atoms. The lowest BCUT2D eigenvalue weighted by Gasteiger charge is -2.35. The van der Waals surface area contributed by atoms with Gasteiger partial charge in [-0.05, 0) is 55.2 Å². The molecule has 1 amide bonds. The summed E-state index contributed by atoms with van der Waals surface area (Å²) < 4.78 is 5.45. The molecular formula is C24H31N3O2. The van der Waals surface area contributed by atoms with Gasteiger partial charge in [-0.25, -0.2) is 0 Å². The van der Waals surface area contributed by atoms with Crippen LogP contribution in [0.5, 0.6) is 5.75 Å². The van der Waals surface area contributed by atoms with Gasteiger partial charge in [-0.1, -0.05) is 18.2 Å². The highest BCUT2D eigenvalue weighted by molar-refractivity contribution is 5.94. The molecule has 2 aromatic carbocycles. The van der Waals surface area contributed by atoms with Crippen LogP contribution in [0.4, 0.5) is 5.69 Å². The Balaban J connectivity index is 1.27. The first-order valence-electron chi connectivity index (χ1n) is 10.7. The molecule has 5 heteroatoms. The maximum absolute atomic E-state index is 12.9. The zero-order valence-corrected chi connectivity index (χ0v) is 17.3. The molecule has 29 heavy (non-hydrogen) atoms. The van der Waals surface area contributed by atoms with Crippen molar-refractivity contribution in [3.05, 3.63) is 59.7 Å². The molecule has 0 bridgehead atoms. The van der Waals surface area contributed by atoms with Crippen LogP contribution in [0, 0.1) is 0 Å². The number of carbonyl (C=O) groups excluding carboxylic acids is 1. The van der Waals surface area contributed by atoms with Gasteiger partial charge in [-0.2, -0.15) is 0 Å². The normalized spacial score (nSPS) is 17.6. The second-order valence-corrected chi connectivity index (χ2v) is 7.94. The van der Waals surface area contributed by atoms with Crippen LogP contribution in [0.1, 0.15) is 28.8 Å². The van der Waals surface area contributed by atoms with Gasteiger partial charge in [0.05, 0.1) is 7.11 Å². The van der Waals surface area contributed by atoms with E-state index in [1.54, 1.807) is 7.11 Å². The van der Waals surface area contributed by atoms with Crippen LogP contribution in [-0.4, -0.2) is 68.6 Å². The fourth-order valence-electron chi connectivity index (χ4n) is 4.34. The summed E-state index contributed by atoms with van der Waals surface area (Å²) in [7, 11) is 1.72. The van der Waals surface area contributed by atoms with E-state index >= 15 is 0 Å². The lowest BCUT2D eigenvalue weighted by atomic mass is 10.1. The number of piperazine rings is 1. The molecule has 2 saturated heterocycles. The number of rotatable bonds is 6. The Bertz CT molecular complexity index is 807. The molecule has 0 atom stereocenters.